The first kappa shape index (κ1) is 15.3. The van der Waals surface area contributed by atoms with E-state index in [9.17, 15) is 5.11 Å². The van der Waals surface area contributed by atoms with E-state index < -0.39 is 0 Å². The third kappa shape index (κ3) is 3.52. The Morgan fingerprint density at radius 3 is 2.33 bits per heavy atom. The standard InChI is InChI=1S/C15H21N3O3/c1-15(2,9-19)8-17-14-7-16-10-5-12(20-3)13(21-4)6-11(10)18-14/h5-7,19H,8-9H2,1-4H3,(H,17,18). The predicted molar refractivity (Wildman–Crippen MR) is 82.0 cm³/mol. The first-order valence-electron chi connectivity index (χ1n) is 6.72. The molecule has 2 N–H and O–H groups in total. The summed E-state index contributed by atoms with van der Waals surface area (Å²) in [6, 6.07) is 3.59. The number of nitrogens with one attached hydrogen (secondary N) is 1. The molecular weight excluding hydrogens is 270 g/mol. The minimum Gasteiger partial charge on any atom is -0.493 e. The molecule has 0 fully saturated rings. The van der Waals surface area contributed by atoms with Crippen LogP contribution in [0.25, 0.3) is 11.0 Å². The number of aromatic nitrogens is 2. The number of rotatable bonds is 6. The number of benzene rings is 1. The molecule has 6 heteroatoms. The van der Waals surface area contributed by atoms with Gasteiger partial charge in [-0.1, -0.05) is 13.8 Å². The number of fused-ring (bicyclic) bond motifs is 1. The Morgan fingerprint density at radius 2 is 1.76 bits per heavy atom. The third-order valence-electron chi connectivity index (χ3n) is 3.22. The Hall–Kier alpha value is -2.08. The Balaban J connectivity index is 2.29. The number of aliphatic hydroxyl groups is 1. The Labute approximate surface area is 124 Å². The van der Waals surface area contributed by atoms with Crippen molar-refractivity contribution in [2.45, 2.75) is 13.8 Å². The van der Waals surface area contributed by atoms with Gasteiger partial charge in [0.2, 0.25) is 0 Å². The van der Waals surface area contributed by atoms with E-state index in [2.05, 4.69) is 15.3 Å². The van der Waals surface area contributed by atoms with Crippen molar-refractivity contribution >= 4 is 16.9 Å². The number of nitrogens with zero attached hydrogens (tertiary/aromatic N) is 2. The maximum Gasteiger partial charge on any atom is 0.163 e. The van der Waals surface area contributed by atoms with E-state index in [0.717, 1.165) is 11.0 Å². The van der Waals surface area contributed by atoms with Crippen molar-refractivity contribution in [3.63, 3.8) is 0 Å². The predicted octanol–water partition coefficient (Wildman–Crippen LogP) is 2.08. The molecule has 0 aliphatic carbocycles. The highest BCUT2D eigenvalue weighted by Gasteiger charge is 2.16. The van der Waals surface area contributed by atoms with Gasteiger partial charge in [0, 0.05) is 30.7 Å². The number of anilines is 1. The van der Waals surface area contributed by atoms with Crippen molar-refractivity contribution in [2.24, 2.45) is 5.41 Å². The van der Waals surface area contributed by atoms with Gasteiger partial charge in [-0.25, -0.2) is 4.98 Å². The average Bonchev–Trinajstić information content (AvgIpc) is 2.51. The van der Waals surface area contributed by atoms with Crippen LogP contribution in [0.5, 0.6) is 11.5 Å². The number of aliphatic hydroxyl groups excluding tert-OH is 1. The molecule has 2 rings (SSSR count). The molecule has 0 aliphatic rings. The van der Waals surface area contributed by atoms with Gasteiger partial charge >= 0.3 is 0 Å². The molecular formula is C15H21N3O3. The lowest BCUT2D eigenvalue weighted by atomic mass is 9.95. The second-order valence-electron chi connectivity index (χ2n) is 5.63. The normalized spacial score (nSPS) is 11.5. The molecule has 6 nitrogen and oxygen atoms in total. The molecule has 0 atom stereocenters. The molecule has 0 spiro atoms. The van der Waals surface area contributed by atoms with Gasteiger partial charge in [0.1, 0.15) is 5.82 Å². The summed E-state index contributed by atoms with van der Waals surface area (Å²) in [6.07, 6.45) is 1.67. The van der Waals surface area contributed by atoms with Crippen LogP contribution in [0.1, 0.15) is 13.8 Å². The summed E-state index contributed by atoms with van der Waals surface area (Å²) in [5.41, 5.74) is 1.24. The summed E-state index contributed by atoms with van der Waals surface area (Å²) in [5.74, 6) is 1.91. The lowest BCUT2D eigenvalue weighted by molar-refractivity contribution is 0.170. The van der Waals surface area contributed by atoms with E-state index in [1.807, 2.05) is 13.8 Å². The molecule has 0 amide bonds. The molecule has 114 valence electrons. The molecule has 0 bridgehead atoms. The number of methoxy groups -OCH3 is 2. The van der Waals surface area contributed by atoms with E-state index in [1.54, 1.807) is 32.5 Å². The zero-order valence-corrected chi connectivity index (χ0v) is 12.8. The van der Waals surface area contributed by atoms with Crippen molar-refractivity contribution in [3.05, 3.63) is 18.3 Å². The second-order valence-corrected chi connectivity index (χ2v) is 5.63. The lowest BCUT2D eigenvalue weighted by Gasteiger charge is -2.22. The monoisotopic (exact) mass is 291 g/mol. The summed E-state index contributed by atoms with van der Waals surface area (Å²) in [6.45, 7) is 4.66. The van der Waals surface area contributed by atoms with Crippen LogP contribution in [0.2, 0.25) is 0 Å². The van der Waals surface area contributed by atoms with Crippen molar-refractivity contribution in [1.29, 1.82) is 0 Å². The van der Waals surface area contributed by atoms with E-state index in [4.69, 9.17) is 9.47 Å². The highest BCUT2D eigenvalue weighted by atomic mass is 16.5. The van der Waals surface area contributed by atoms with Crippen LogP contribution in [-0.4, -0.2) is 42.4 Å². The SMILES string of the molecule is COc1cc2ncc(NCC(C)(C)CO)nc2cc1OC. The fourth-order valence-corrected chi connectivity index (χ4v) is 1.81. The van der Waals surface area contributed by atoms with Crippen molar-refractivity contribution in [3.8, 4) is 11.5 Å². The summed E-state index contributed by atoms with van der Waals surface area (Å²) in [4.78, 5) is 8.87. The highest BCUT2D eigenvalue weighted by molar-refractivity contribution is 5.80. The molecule has 0 saturated carbocycles. The molecule has 0 radical (unpaired) electrons. The molecule has 1 aromatic heterocycles. The van der Waals surface area contributed by atoms with Crippen molar-refractivity contribution in [2.75, 3.05) is 32.7 Å². The van der Waals surface area contributed by atoms with Gasteiger partial charge in [0.05, 0.1) is 31.4 Å². The van der Waals surface area contributed by atoms with Crippen LogP contribution in [0, 0.1) is 5.41 Å². The van der Waals surface area contributed by atoms with Gasteiger partial charge in [-0.15, -0.1) is 0 Å². The summed E-state index contributed by atoms with van der Waals surface area (Å²) in [5, 5.41) is 12.5. The van der Waals surface area contributed by atoms with E-state index >= 15 is 0 Å². The fourth-order valence-electron chi connectivity index (χ4n) is 1.81. The average molecular weight is 291 g/mol. The Kier molecular flexibility index (Phi) is 4.47. The van der Waals surface area contributed by atoms with Crippen molar-refractivity contribution < 1.29 is 14.6 Å². The maximum atomic E-state index is 9.26. The van der Waals surface area contributed by atoms with Gasteiger partial charge in [-0.05, 0) is 0 Å². The topological polar surface area (TPSA) is 76.5 Å². The van der Waals surface area contributed by atoms with Gasteiger partial charge in [0.15, 0.2) is 11.5 Å². The molecule has 1 aromatic carbocycles. The van der Waals surface area contributed by atoms with Crippen LogP contribution >= 0.6 is 0 Å². The smallest absolute Gasteiger partial charge is 0.163 e. The zero-order chi connectivity index (χ0) is 15.5. The molecule has 2 aromatic rings. The second kappa shape index (κ2) is 6.13. The highest BCUT2D eigenvalue weighted by Crippen LogP contribution is 2.30. The molecule has 1 heterocycles. The van der Waals surface area contributed by atoms with E-state index in [-0.39, 0.29) is 12.0 Å². The minimum absolute atomic E-state index is 0.103. The van der Waals surface area contributed by atoms with E-state index in [1.165, 1.54) is 0 Å². The number of hydrogen-bond donors (Lipinski definition) is 2. The lowest BCUT2D eigenvalue weighted by Crippen LogP contribution is -2.27. The van der Waals surface area contributed by atoms with Gasteiger partial charge in [-0.2, -0.15) is 0 Å². The summed E-state index contributed by atoms with van der Waals surface area (Å²) >= 11 is 0. The molecule has 0 aliphatic heterocycles. The number of hydrogen-bond acceptors (Lipinski definition) is 6. The molecule has 0 saturated heterocycles. The van der Waals surface area contributed by atoms with Gasteiger partial charge in [-0.3, -0.25) is 4.98 Å². The summed E-state index contributed by atoms with van der Waals surface area (Å²) < 4.78 is 10.5. The third-order valence-corrected chi connectivity index (χ3v) is 3.22. The van der Waals surface area contributed by atoms with Gasteiger partial charge in [0.25, 0.3) is 0 Å². The van der Waals surface area contributed by atoms with E-state index in [0.29, 0.717) is 23.9 Å². The van der Waals surface area contributed by atoms with Crippen molar-refractivity contribution in [1.82, 2.24) is 9.97 Å². The quantitative estimate of drug-likeness (QED) is 0.848. The van der Waals surface area contributed by atoms with Crippen LogP contribution in [0.4, 0.5) is 5.82 Å². The fraction of sp³-hybridized carbons (Fsp3) is 0.467. The summed E-state index contributed by atoms with van der Waals surface area (Å²) in [7, 11) is 3.17. The van der Waals surface area contributed by atoms with Crippen LogP contribution in [0.3, 0.4) is 0 Å². The molecule has 0 unspecified atom stereocenters. The Bertz CT molecular complexity index is 629. The minimum atomic E-state index is -0.214. The largest absolute Gasteiger partial charge is 0.493 e. The van der Waals surface area contributed by atoms with Gasteiger partial charge < -0.3 is 19.9 Å². The molecule has 21 heavy (non-hydrogen) atoms. The number of ether oxygens (including phenoxy) is 2. The Morgan fingerprint density at radius 1 is 1.14 bits per heavy atom. The zero-order valence-electron chi connectivity index (χ0n) is 12.8. The van der Waals surface area contributed by atoms with Crippen LogP contribution in [0.15, 0.2) is 18.3 Å². The van der Waals surface area contributed by atoms with Crippen LogP contribution < -0.4 is 14.8 Å². The maximum absolute atomic E-state index is 9.26. The van der Waals surface area contributed by atoms with Crippen LogP contribution in [-0.2, 0) is 0 Å². The first-order valence-corrected chi connectivity index (χ1v) is 6.72. The first-order chi connectivity index (χ1) is 9.99.